The number of nitrogens with one attached hydrogen (secondary N) is 1. The average molecular weight is 321 g/mol. The van der Waals surface area contributed by atoms with Gasteiger partial charge in [-0.2, -0.15) is 0 Å². The Hall–Kier alpha value is -0.520. The maximum atomic E-state index is 9.82. The van der Waals surface area contributed by atoms with Crippen LogP contribution < -0.4 is 10.1 Å². The molecule has 1 unspecified atom stereocenters. The van der Waals surface area contributed by atoms with Crippen molar-refractivity contribution in [1.82, 2.24) is 10.2 Å². The van der Waals surface area contributed by atoms with E-state index in [9.17, 15) is 5.11 Å². The van der Waals surface area contributed by atoms with Crippen molar-refractivity contribution in [2.75, 3.05) is 40.3 Å². The second-order valence-electron chi connectivity index (χ2n) is 4.88. The largest absolute Gasteiger partial charge is 0.488 e. The van der Waals surface area contributed by atoms with E-state index in [1.165, 1.54) is 0 Å². The van der Waals surface area contributed by atoms with Crippen molar-refractivity contribution in [3.63, 3.8) is 0 Å². The van der Waals surface area contributed by atoms with Crippen LogP contribution in [-0.4, -0.2) is 56.4 Å². The second-order valence-corrected chi connectivity index (χ2v) is 5.69. The third-order valence-electron chi connectivity index (χ3n) is 2.68. The Kier molecular flexibility index (Phi) is 8.26. The normalized spacial score (nSPS) is 12.7. The molecule has 0 saturated carbocycles. The standard InChI is InChI=1S/C14H22Cl2N2O2/c1-18(2)8-4-7-17-9-11(19)10-20-14-12(15)5-3-6-13(14)16/h3,5-6,11,17,19H,4,7-10H2,1-2H3. The lowest BCUT2D eigenvalue weighted by Crippen LogP contribution is -2.33. The van der Waals surface area contributed by atoms with E-state index >= 15 is 0 Å². The minimum atomic E-state index is -0.596. The van der Waals surface area contributed by atoms with Crippen molar-refractivity contribution in [2.24, 2.45) is 0 Å². The summed E-state index contributed by atoms with van der Waals surface area (Å²) in [6.45, 7) is 2.52. The van der Waals surface area contributed by atoms with E-state index < -0.39 is 6.10 Å². The van der Waals surface area contributed by atoms with Gasteiger partial charge in [-0.25, -0.2) is 0 Å². The molecule has 4 nitrogen and oxygen atoms in total. The van der Waals surface area contributed by atoms with Crippen LogP contribution in [0, 0.1) is 0 Å². The first kappa shape index (κ1) is 17.5. The van der Waals surface area contributed by atoms with Crippen molar-refractivity contribution in [2.45, 2.75) is 12.5 Å². The lowest BCUT2D eigenvalue weighted by atomic mass is 10.3. The number of para-hydroxylation sites is 1. The fraction of sp³-hybridized carbons (Fsp3) is 0.571. The molecule has 114 valence electrons. The van der Waals surface area contributed by atoms with Crippen LogP contribution in [0.5, 0.6) is 5.75 Å². The Morgan fingerprint density at radius 1 is 1.30 bits per heavy atom. The Morgan fingerprint density at radius 2 is 1.95 bits per heavy atom. The van der Waals surface area contributed by atoms with Crippen LogP contribution in [0.4, 0.5) is 0 Å². The van der Waals surface area contributed by atoms with E-state index in [0.717, 1.165) is 19.5 Å². The summed E-state index contributed by atoms with van der Waals surface area (Å²) in [6, 6.07) is 5.16. The number of aliphatic hydroxyl groups excluding tert-OH is 1. The first-order valence-corrected chi connectivity index (χ1v) is 7.36. The molecule has 20 heavy (non-hydrogen) atoms. The molecule has 0 amide bonds. The molecule has 1 rings (SSSR count). The predicted octanol–water partition coefficient (Wildman–Crippen LogP) is 2.27. The molecule has 6 heteroatoms. The molecular formula is C14H22Cl2N2O2. The zero-order chi connectivity index (χ0) is 15.0. The maximum Gasteiger partial charge on any atom is 0.156 e. The zero-order valence-electron chi connectivity index (χ0n) is 11.9. The number of benzene rings is 1. The molecule has 0 radical (unpaired) electrons. The summed E-state index contributed by atoms with van der Waals surface area (Å²) < 4.78 is 5.46. The summed E-state index contributed by atoms with van der Waals surface area (Å²) in [7, 11) is 4.08. The van der Waals surface area contributed by atoms with E-state index in [1.807, 2.05) is 14.1 Å². The molecule has 2 N–H and O–H groups in total. The minimum absolute atomic E-state index is 0.157. The first-order valence-electron chi connectivity index (χ1n) is 6.61. The molecule has 0 aromatic heterocycles. The first-order chi connectivity index (χ1) is 9.50. The van der Waals surface area contributed by atoms with Crippen molar-refractivity contribution >= 4 is 23.2 Å². The third kappa shape index (κ3) is 6.77. The third-order valence-corrected chi connectivity index (χ3v) is 3.27. The van der Waals surface area contributed by atoms with Gasteiger partial charge in [-0.15, -0.1) is 0 Å². The van der Waals surface area contributed by atoms with Gasteiger partial charge < -0.3 is 20.1 Å². The lowest BCUT2D eigenvalue weighted by molar-refractivity contribution is 0.106. The van der Waals surface area contributed by atoms with E-state index in [1.54, 1.807) is 18.2 Å². The number of hydrogen-bond acceptors (Lipinski definition) is 4. The van der Waals surface area contributed by atoms with Crippen LogP contribution in [0.25, 0.3) is 0 Å². The Labute approximate surface area is 130 Å². The van der Waals surface area contributed by atoms with E-state index in [2.05, 4.69) is 10.2 Å². The number of aliphatic hydroxyl groups is 1. The molecule has 0 fully saturated rings. The fourth-order valence-corrected chi connectivity index (χ4v) is 2.15. The number of ether oxygens (including phenoxy) is 1. The highest BCUT2D eigenvalue weighted by Crippen LogP contribution is 2.32. The number of hydrogen-bond donors (Lipinski definition) is 2. The van der Waals surface area contributed by atoms with Crippen molar-refractivity contribution in [3.8, 4) is 5.75 Å². The van der Waals surface area contributed by atoms with Gasteiger partial charge in [-0.1, -0.05) is 29.3 Å². The van der Waals surface area contributed by atoms with Gasteiger partial charge in [0.15, 0.2) is 5.75 Å². The van der Waals surface area contributed by atoms with Gasteiger partial charge in [0.05, 0.1) is 10.0 Å². The fourth-order valence-electron chi connectivity index (χ4n) is 1.65. The zero-order valence-corrected chi connectivity index (χ0v) is 13.4. The van der Waals surface area contributed by atoms with Gasteiger partial charge in [-0.3, -0.25) is 0 Å². The summed E-state index contributed by atoms with van der Waals surface area (Å²) in [5.41, 5.74) is 0. The maximum absolute atomic E-state index is 9.82. The molecule has 1 aromatic carbocycles. The Morgan fingerprint density at radius 3 is 2.55 bits per heavy atom. The van der Waals surface area contributed by atoms with Crippen LogP contribution in [0.2, 0.25) is 10.0 Å². The van der Waals surface area contributed by atoms with E-state index in [4.69, 9.17) is 27.9 Å². The summed E-state index contributed by atoms with van der Waals surface area (Å²) in [5, 5.41) is 13.9. The topological polar surface area (TPSA) is 44.7 Å². The smallest absolute Gasteiger partial charge is 0.156 e. The second kappa shape index (κ2) is 9.42. The number of nitrogens with zero attached hydrogens (tertiary/aromatic N) is 1. The van der Waals surface area contributed by atoms with Gasteiger partial charge in [-0.05, 0) is 45.7 Å². The van der Waals surface area contributed by atoms with E-state index in [0.29, 0.717) is 22.3 Å². The van der Waals surface area contributed by atoms with Crippen molar-refractivity contribution in [1.29, 1.82) is 0 Å². The molecule has 1 aromatic rings. The predicted molar refractivity (Wildman–Crippen MR) is 84.0 cm³/mol. The molecule has 0 aliphatic carbocycles. The van der Waals surface area contributed by atoms with Crippen LogP contribution in [-0.2, 0) is 0 Å². The quantitative estimate of drug-likeness (QED) is 0.685. The summed E-state index contributed by atoms with van der Waals surface area (Å²) in [4.78, 5) is 2.13. The van der Waals surface area contributed by atoms with Crippen LogP contribution in [0.1, 0.15) is 6.42 Å². The molecule has 0 aliphatic heterocycles. The molecule has 0 aliphatic rings. The number of rotatable bonds is 9. The molecule has 1 atom stereocenters. The Balaban J connectivity index is 2.21. The summed E-state index contributed by atoms with van der Waals surface area (Å²) >= 11 is 12.0. The summed E-state index contributed by atoms with van der Waals surface area (Å²) in [6.07, 6.45) is 0.443. The monoisotopic (exact) mass is 320 g/mol. The van der Waals surface area contributed by atoms with Crippen LogP contribution in [0.15, 0.2) is 18.2 Å². The van der Waals surface area contributed by atoms with Crippen molar-refractivity contribution < 1.29 is 9.84 Å². The van der Waals surface area contributed by atoms with Crippen molar-refractivity contribution in [3.05, 3.63) is 28.2 Å². The lowest BCUT2D eigenvalue weighted by Gasteiger charge is -2.15. The van der Waals surface area contributed by atoms with E-state index in [-0.39, 0.29) is 6.61 Å². The van der Waals surface area contributed by atoms with Gasteiger partial charge in [0.1, 0.15) is 12.7 Å². The van der Waals surface area contributed by atoms with Gasteiger partial charge >= 0.3 is 0 Å². The highest BCUT2D eigenvalue weighted by molar-refractivity contribution is 6.37. The molecule has 0 spiro atoms. The molecule has 0 heterocycles. The molecular weight excluding hydrogens is 299 g/mol. The van der Waals surface area contributed by atoms with Gasteiger partial charge in [0.25, 0.3) is 0 Å². The number of halogens is 2. The average Bonchev–Trinajstić information content (AvgIpc) is 2.37. The highest BCUT2D eigenvalue weighted by atomic mass is 35.5. The Bertz CT molecular complexity index is 383. The van der Waals surface area contributed by atoms with Gasteiger partial charge in [0, 0.05) is 6.54 Å². The minimum Gasteiger partial charge on any atom is -0.488 e. The SMILES string of the molecule is CN(C)CCCNCC(O)COc1c(Cl)cccc1Cl. The molecule has 0 saturated heterocycles. The summed E-state index contributed by atoms with van der Waals surface area (Å²) in [5.74, 6) is 0.419. The highest BCUT2D eigenvalue weighted by Gasteiger charge is 2.10. The van der Waals surface area contributed by atoms with Gasteiger partial charge in [0.2, 0.25) is 0 Å². The van der Waals surface area contributed by atoms with Crippen LogP contribution in [0.3, 0.4) is 0 Å². The van der Waals surface area contributed by atoms with Crippen LogP contribution >= 0.6 is 23.2 Å². The molecule has 0 bridgehead atoms.